The molecule has 0 radical (unpaired) electrons. The predicted molar refractivity (Wildman–Crippen MR) is 67.6 cm³/mol. The minimum Gasteiger partial charge on any atom is -0.464 e. The van der Waals surface area contributed by atoms with Crippen LogP contribution in [0.2, 0.25) is 0 Å². The fourth-order valence-electron chi connectivity index (χ4n) is 1.20. The van der Waals surface area contributed by atoms with Crippen LogP contribution in [0.3, 0.4) is 0 Å². The summed E-state index contributed by atoms with van der Waals surface area (Å²) < 4.78 is 9.14. The molecular weight excluding hydrogens is 268 g/mol. The number of benzene rings is 1. The summed E-state index contributed by atoms with van der Waals surface area (Å²) in [4.78, 5) is 32.2. The van der Waals surface area contributed by atoms with E-state index in [1.54, 1.807) is 0 Å². The molecule has 0 aromatic heterocycles. The largest absolute Gasteiger partial charge is 0.464 e. The highest BCUT2D eigenvalue weighted by atomic mass is 16.6. The van der Waals surface area contributed by atoms with E-state index < -0.39 is 17.0 Å². The van der Waals surface area contributed by atoms with Crippen molar-refractivity contribution in [3.63, 3.8) is 0 Å². The first-order valence-corrected chi connectivity index (χ1v) is 5.38. The third-order valence-electron chi connectivity index (χ3n) is 2.20. The summed E-state index contributed by atoms with van der Waals surface area (Å²) in [5.74, 6) is -0.780. The van der Waals surface area contributed by atoms with Crippen LogP contribution in [0.1, 0.15) is 5.56 Å². The summed E-state index contributed by atoms with van der Waals surface area (Å²) in [6.07, 6.45) is -0.876. The lowest BCUT2D eigenvalue weighted by molar-refractivity contribution is -0.384. The van der Waals surface area contributed by atoms with Gasteiger partial charge in [0.1, 0.15) is 12.3 Å². The van der Waals surface area contributed by atoms with E-state index in [-0.39, 0.29) is 18.0 Å². The molecule has 1 aromatic rings. The molecular formula is C12H12N2O6. The fourth-order valence-corrected chi connectivity index (χ4v) is 1.20. The molecule has 0 saturated heterocycles. The quantitative estimate of drug-likeness (QED) is 0.379. The topological polar surface area (TPSA) is 108 Å². The van der Waals surface area contributed by atoms with E-state index in [4.69, 9.17) is 4.74 Å². The molecule has 8 nitrogen and oxygen atoms in total. The lowest BCUT2D eigenvalue weighted by Crippen LogP contribution is -2.27. The molecule has 0 saturated carbocycles. The number of methoxy groups -OCH3 is 1. The number of nitro benzene ring substituents is 1. The molecule has 1 N–H and O–H groups in total. The van der Waals surface area contributed by atoms with Gasteiger partial charge in [0.2, 0.25) is 0 Å². The Morgan fingerprint density at radius 2 is 1.95 bits per heavy atom. The number of hydrogen-bond acceptors (Lipinski definition) is 6. The number of hydrogen-bond donors (Lipinski definition) is 1. The number of alkyl carbamates (subject to hydrolysis) is 1. The minimum absolute atomic E-state index is 0.0581. The fraction of sp³-hybridized carbons (Fsp3) is 0.167. The summed E-state index contributed by atoms with van der Waals surface area (Å²) in [7, 11) is 1.15. The number of nitro groups is 1. The highest BCUT2D eigenvalue weighted by Crippen LogP contribution is 2.12. The van der Waals surface area contributed by atoms with E-state index >= 15 is 0 Å². The minimum atomic E-state index is -0.876. The van der Waals surface area contributed by atoms with Gasteiger partial charge in [-0.1, -0.05) is 6.58 Å². The zero-order valence-electron chi connectivity index (χ0n) is 10.6. The standard InChI is InChI=1S/C12H12N2O6/c1-8(11(15)19-2)13-12(16)20-7-9-3-5-10(6-4-9)14(17)18/h3-6H,1,7H2,2H3,(H,13,16). The summed E-state index contributed by atoms with van der Waals surface area (Å²) in [6, 6.07) is 5.51. The maximum Gasteiger partial charge on any atom is 0.412 e. The molecule has 0 aliphatic rings. The van der Waals surface area contributed by atoms with E-state index in [0.29, 0.717) is 5.56 Å². The zero-order chi connectivity index (χ0) is 15.1. The molecule has 0 aliphatic heterocycles. The first kappa shape index (κ1) is 15.2. The SMILES string of the molecule is C=C(NC(=O)OCc1ccc([N+](=O)[O-])cc1)C(=O)OC. The van der Waals surface area contributed by atoms with Crippen LogP contribution in [0.25, 0.3) is 0 Å². The van der Waals surface area contributed by atoms with Crippen LogP contribution < -0.4 is 5.32 Å². The van der Waals surface area contributed by atoms with Gasteiger partial charge in [-0.2, -0.15) is 0 Å². The molecule has 0 atom stereocenters. The van der Waals surface area contributed by atoms with E-state index in [0.717, 1.165) is 7.11 Å². The number of amides is 1. The Hall–Kier alpha value is -2.90. The molecule has 1 amide bonds. The summed E-state index contributed by atoms with van der Waals surface area (Å²) >= 11 is 0. The highest BCUT2D eigenvalue weighted by Gasteiger charge is 2.11. The molecule has 0 fully saturated rings. The van der Waals surface area contributed by atoms with Gasteiger partial charge in [-0.3, -0.25) is 15.4 Å². The first-order chi connectivity index (χ1) is 9.43. The van der Waals surface area contributed by atoms with Crippen molar-refractivity contribution >= 4 is 17.7 Å². The second kappa shape index (κ2) is 6.88. The molecule has 0 aliphatic carbocycles. The molecule has 1 rings (SSSR count). The maximum atomic E-state index is 11.3. The van der Waals surface area contributed by atoms with Crippen LogP contribution in [-0.2, 0) is 20.9 Å². The number of non-ortho nitro benzene ring substituents is 1. The molecule has 106 valence electrons. The number of rotatable bonds is 5. The van der Waals surface area contributed by atoms with Crippen molar-refractivity contribution in [3.05, 3.63) is 52.2 Å². The van der Waals surface area contributed by atoms with Gasteiger partial charge in [-0.25, -0.2) is 9.59 Å². The van der Waals surface area contributed by atoms with E-state index in [1.807, 2.05) is 0 Å². The number of nitrogens with one attached hydrogen (secondary N) is 1. The van der Waals surface area contributed by atoms with Gasteiger partial charge in [-0.15, -0.1) is 0 Å². The van der Waals surface area contributed by atoms with E-state index in [2.05, 4.69) is 16.6 Å². The smallest absolute Gasteiger partial charge is 0.412 e. The lowest BCUT2D eigenvalue weighted by atomic mass is 10.2. The average Bonchev–Trinajstić information content (AvgIpc) is 2.44. The lowest BCUT2D eigenvalue weighted by Gasteiger charge is -2.07. The molecule has 1 aromatic carbocycles. The van der Waals surface area contributed by atoms with Crippen LogP contribution in [0.15, 0.2) is 36.5 Å². The predicted octanol–water partition coefficient (Wildman–Crippen LogP) is 1.51. The van der Waals surface area contributed by atoms with Crippen LogP contribution in [0.4, 0.5) is 10.5 Å². The van der Waals surface area contributed by atoms with Crippen molar-refractivity contribution in [3.8, 4) is 0 Å². The molecule has 0 heterocycles. The summed E-state index contributed by atoms with van der Waals surface area (Å²) in [5, 5.41) is 12.5. The van der Waals surface area contributed by atoms with Gasteiger partial charge in [0.25, 0.3) is 5.69 Å². The normalized spacial score (nSPS) is 9.45. The van der Waals surface area contributed by atoms with Crippen molar-refractivity contribution in [2.45, 2.75) is 6.61 Å². The van der Waals surface area contributed by atoms with Gasteiger partial charge in [0.05, 0.1) is 12.0 Å². The van der Waals surface area contributed by atoms with Crippen LogP contribution >= 0.6 is 0 Å². The third kappa shape index (κ3) is 4.41. The Morgan fingerprint density at radius 1 is 1.35 bits per heavy atom. The van der Waals surface area contributed by atoms with Crippen molar-refractivity contribution in [1.82, 2.24) is 5.32 Å². The number of ether oxygens (including phenoxy) is 2. The average molecular weight is 280 g/mol. The van der Waals surface area contributed by atoms with Gasteiger partial charge >= 0.3 is 12.1 Å². The number of nitrogens with zero attached hydrogens (tertiary/aromatic N) is 1. The molecule has 20 heavy (non-hydrogen) atoms. The third-order valence-corrected chi connectivity index (χ3v) is 2.20. The maximum absolute atomic E-state index is 11.3. The molecule has 0 bridgehead atoms. The van der Waals surface area contributed by atoms with Gasteiger partial charge in [-0.05, 0) is 17.7 Å². The molecule has 0 spiro atoms. The van der Waals surface area contributed by atoms with E-state index in [9.17, 15) is 19.7 Å². The Kier molecular flexibility index (Phi) is 5.21. The zero-order valence-corrected chi connectivity index (χ0v) is 10.6. The Morgan fingerprint density at radius 3 is 2.45 bits per heavy atom. The second-order valence-electron chi connectivity index (χ2n) is 3.59. The second-order valence-corrected chi connectivity index (χ2v) is 3.59. The van der Waals surface area contributed by atoms with Crippen LogP contribution in [-0.4, -0.2) is 24.1 Å². The highest BCUT2D eigenvalue weighted by molar-refractivity contribution is 5.91. The summed E-state index contributed by atoms with van der Waals surface area (Å²) in [5.41, 5.74) is 0.257. The van der Waals surface area contributed by atoms with Gasteiger partial charge < -0.3 is 9.47 Å². The monoisotopic (exact) mass is 280 g/mol. The number of carbonyl (C=O) groups excluding carboxylic acids is 2. The molecule has 8 heteroatoms. The Labute approximate surface area is 114 Å². The number of esters is 1. The first-order valence-electron chi connectivity index (χ1n) is 5.38. The number of carbonyl (C=O) groups is 2. The Balaban J connectivity index is 2.47. The van der Waals surface area contributed by atoms with Crippen molar-refractivity contribution in [1.29, 1.82) is 0 Å². The van der Waals surface area contributed by atoms with Crippen molar-refractivity contribution in [2.24, 2.45) is 0 Å². The van der Waals surface area contributed by atoms with Gasteiger partial charge in [0, 0.05) is 12.1 Å². The van der Waals surface area contributed by atoms with Crippen molar-refractivity contribution in [2.75, 3.05) is 7.11 Å². The molecule has 0 unspecified atom stereocenters. The van der Waals surface area contributed by atoms with Crippen LogP contribution in [0, 0.1) is 10.1 Å². The van der Waals surface area contributed by atoms with Gasteiger partial charge in [0.15, 0.2) is 0 Å². The summed E-state index contributed by atoms with van der Waals surface area (Å²) in [6.45, 7) is 3.19. The van der Waals surface area contributed by atoms with E-state index in [1.165, 1.54) is 24.3 Å². The van der Waals surface area contributed by atoms with Crippen molar-refractivity contribution < 1.29 is 24.0 Å². The Bertz CT molecular complexity index is 537. The van der Waals surface area contributed by atoms with Crippen LogP contribution in [0.5, 0.6) is 0 Å².